The van der Waals surface area contributed by atoms with Gasteiger partial charge in [0.05, 0.1) is 5.41 Å². The van der Waals surface area contributed by atoms with Crippen molar-refractivity contribution < 1.29 is 0 Å². The molecule has 11 aromatic rings. The summed E-state index contributed by atoms with van der Waals surface area (Å²) >= 11 is 0. The largest absolute Gasteiger partial charge is 0.355 e. The Bertz CT molecular complexity index is 3880. The van der Waals surface area contributed by atoms with Gasteiger partial charge in [0, 0.05) is 16.9 Å². The summed E-state index contributed by atoms with van der Waals surface area (Å²) in [5, 5.41) is 3.86. The molecule has 75 heavy (non-hydrogen) atoms. The van der Waals surface area contributed by atoms with Gasteiger partial charge in [-0.15, -0.1) is 0 Å². The summed E-state index contributed by atoms with van der Waals surface area (Å²) in [6.07, 6.45) is 4.62. The summed E-state index contributed by atoms with van der Waals surface area (Å²) in [6, 6.07) is 98.3. The zero-order valence-electron chi connectivity index (χ0n) is 42.2. The Morgan fingerprint density at radius 1 is 0.347 bits per heavy atom. The molecule has 1 aliphatic rings. The maximum absolute atomic E-state index is 7.62. The van der Waals surface area contributed by atoms with Crippen molar-refractivity contribution in [2.24, 2.45) is 0 Å². The van der Waals surface area contributed by atoms with Gasteiger partial charge < -0.3 is 5.32 Å². The first-order valence-corrected chi connectivity index (χ1v) is 25.9. The van der Waals surface area contributed by atoms with Crippen LogP contribution in [0, 0.1) is 0 Å². The highest BCUT2D eigenvalue weighted by Crippen LogP contribution is 2.58. The Morgan fingerprint density at radius 2 is 0.800 bits per heavy atom. The minimum absolute atomic E-state index is 0.696. The predicted molar refractivity (Wildman–Crippen MR) is 320 cm³/mol. The molecular weight excluding hydrogens is 902 g/mol. The van der Waals surface area contributed by atoms with Crippen LogP contribution in [0.4, 0.5) is 11.4 Å². The Labute approximate surface area is 443 Å². The molecular formula is C73H54BN. The average Bonchev–Trinajstić information content (AvgIpc) is 3.94. The predicted octanol–water partition coefficient (Wildman–Crippen LogP) is 18.6. The molecule has 0 saturated carbocycles. The molecule has 2 heteroatoms. The molecule has 1 unspecified atom stereocenters. The molecule has 0 bridgehead atoms. The first-order chi connectivity index (χ1) is 36.9. The lowest BCUT2D eigenvalue weighted by Crippen LogP contribution is -2.30. The summed E-state index contributed by atoms with van der Waals surface area (Å²) in [4.78, 5) is 0. The van der Waals surface area contributed by atoms with Gasteiger partial charge in [-0.2, -0.15) is 0 Å². The minimum atomic E-state index is -0.696. The summed E-state index contributed by atoms with van der Waals surface area (Å²) in [5.74, 6) is 0. The third-order valence-electron chi connectivity index (χ3n) is 15.1. The molecule has 1 nitrogen and oxygen atoms in total. The molecule has 0 amide bonds. The molecule has 1 aliphatic carbocycles. The molecule has 0 aliphatic heterocycles. The maximum atomic E-state index is 7.62. The molecule has 0 spiro atoms. The highest BCUT2D eigenvalue weighted by molar-refractivity contribution is 6.36. The topological polar surface area (TPSA) is 12.0 Å². The Hall–Kier alpha value is -9.24. The molecule has 12 rings (SSSR count). The zero-order chi connectivity index (χ0) is 50.7. The van der Waals surface area contributed by atoms with Crippen LogP contribution in [0.3, 0.4) is 0 Å². The SMILES string of the molecule is [B]c1cc2c(cc1-c1cc(-c3ccccc3)ccc1Nc1ccc(-c3ccccc3-c3ccccc3)cc1)-c1ccc(-c3ccccc3)cc1C2(C(C)=CC=C(C)c1ccccc1)c1ccc(-c2ccccc2)cc1. The van der Waals surface area contributed by atoms with E-state index in [2.05, 4.69) is 304 Å². The Morgan fingerprint density at radius 3 is 1.40 bits per heavy atom. The fraction of sp³-hybridized carbons (Fsp3) is 0.0411. The van der Waals surface area contributed by atoms with Crippen LogP contribution in [0.5, 0.6) is 0 Å². The molecule has 0 fully saturated rings. The van der Waals surface area contributed by atoms with Crippen molar-refractivity contribution in [3.63, 3.8) is 0 Å². The van der Waals surface area contributed by atoms with E-state index in [9.17, 15) is 0 Å². The van der Waals surface area contributed by atoms with Crippen molar-refractivity contribution in [2.75, 3.05) is 5.32 Å². The van der Waals surface area contributed by atoms with Gasteiger partial charge in [0.25, 0.3) is 0 Å². The zero-order valence-corrected chi connectivity index (χ0v) is 42.2. The van der Waals surface area contributed by atoms with Gasteiger partial charge in [0.15, 0.2) is 0 Å². The van der Waals surface area contributed by atoms with E-state index >= 15 is 0 Å². The second-order valence-corrected chi connectivity index (χ2v) is 19.6. The number of benzene rings is 11. The number of allylic oxidation sites excluding steroid dienone is 4. The van der Waals surface area contributed by atoms with Crippen LogP contribution in [0.25, 0.3) is 83.5 Å². The number of hydrogen-bond donors (Lipinski definition) is 1. The molecule has 354 valence electrons. The van der Waals surface area contributed by atoms with Crippen molar-refractivity contribution in [1.82, 2.24) is 0 Å². The summed E-state index contributed by atoms with van der Waals surface area (Å²) in [7, 11) is 7.62. The molecule has 0 aromatic heterocycles. The van der Waals surface area contributed by atoms with Crippen molar-refractivity contribution in [2.45, 2.75) is 19.3 Å². The normalized spacial score (nSPS) is 14.0. The van der Waals surface area contributed by atoms with Crippen LogP contribution in [0.15, 0.2) is 291 Å². The van der Waals surface area contributed by atoms with E-state index in [4.69, 9.17) is 7.85 Å². The van der Waals surface area contributed by atoms with Crippen LogP contribution in [-0.2, 0) is 5.41 Å². The number of rotatable bonds is 12. The lowest BCUT2D eigenvalue weighted by molar-refractivity contribution is 0.747. The molecule has 2 radical (unpaired) electrons. The Kier molecular flexibility index (Phi) is 12.7. The molecule has 1 N–H and O–H groups in total. The van der Waals surface area contributed by atoms with Gasteiger partial charge in [0.1, 0.15) is 7.85 Å². The lowest BCUT2D eigenvalue weighted by Gasteiger charge is -2.35. The second-order valence-electron chi connectivity index (χ2n) is 19.6. The van der Waals surface area contributed by atoms with Gasteiger partial charge in [-0.1, -0.05) is 260 Å². The standard InChI is InChI=1S/C73H54BN/c1-50(52-20-8-3-9-21-52)32-33-51(2)73(61-40-34-56(35-41-61)53-22-10-4-11-23-53)69-47-60(55-26-14-6-15-27-55)38-44-65(69)66-48-67(71(74)49-70(66)73)68-46-59(54-24-12-5-13-25-54)39-45-72(68)75-62-42-36-58(37-43-62)64-31-19-18-30-63(64)57-28-16-7-17-29-57/h3-49,75H,1-2H3. The van der Waals surface area contributed by atoms with Gasteiger partial charge in [-0.3, -0.25) is 0 Å². The quantitative estimate of drug-likeness (QED) is 0.0950. The fourth-order valence-electron chi connectivity index (χ4n) is 11.3. The van der Waals surface area contributed by atoms with E-state index in [-0.39, 0.29) is 0 Å². The van der Waals surface area contributed by atoms with Crippen LogP contribution in [-0.4, -0.2) is 7.85 Å². The molecule has 0 saturated heterocycles. The average molecular weight is 956 g/mol. The van der Waals surface area contributed by atoms with Gasteiger partial charge in [-0.05, 0) is 150 Å². The first kappa shape index (κ1) is 46.8. The van der Waals surface area contributed by atoms with E-state index in [0.717, 1.165) is 50.3 Å². The highest BCUT2D eigenvalue weighted by Gasteiger charge is 2.46. The van der Waals surface area contributed by atoms with E-state index in [0.29, 0.717) is 5.46 Å². The number of nitrogens with one attached hydrogen (secondary N) is 1. The summed E-state index contributed by atoms with van der Waals surface area (Å²) in [5.41, 5.74) is 25.2. The van der Waals surface area contributed by atoms with Crippen LogP contribution >= 0.6 is 0 Å². The van der Waals surface area contributed by atoms with Crippen molar-refractivity contribution in [3.05, 3.63) is 313 Å². The van der Waals surface area contributed by atoms with Crippen molar-refractivity contribution in [3.8, 4) is 77.9 Å². The smallest absolute Gasteiger partial charge is 0.114 e. The number of anilines is 2. The van der Waals surface area contributed by atoms with Crippen molar-refractivity contribution >= 4 is 30.3 Å². The second kappa shape index (κ2) is 20.3. The fourth-order valence-corrected chi connectivity index (χ4v) is 11.3. The summed E-state index contributed by atoms with van der Waals surface area (Å²) < 4.78 is 0. The monoisotopic (exact) mass is 955 g/mol. The molecule has 11 aromatic carbocycles. The van der Waals surface area contributed by atoms with E-state index in [1.165, 1.54) is 72.3 Å². The highest BCUT2D eigenvalue weighted by atomic mass is 14.9. The summed E-state index contributed by atoms with van der Waals surface area (Å²) in [6.45, 7) is 4.50. The van der Waals surface area contributed by atoms with Gasteiger partial charge in [0.2, 0.25) is 0 Å². The van der Waals surface area contributed by atoms with Crippen LogP contribution in [0.1, 0.15) is 36.1 Å². The lowest BCUT2D eigenvalue weighted by atomic mass is 9.66. The van der Waals surface area contributed by atoms with Crippen molar-refractivity contribution in [1.29, 1.82) is 0 Å². The van der Waals surface area contributed by atoms with E-state index < -0.39 is 5.41 Å². The minimum Gasteiger partial charge on any atom is -0.355 e. The van der Waals surface area contributed by atoms with Crippen LogP contribution < -0.4 is 10.8 Å². The van der Waals surface area contributed by atoms with E-state index in [1.807, 2.05) is 0 Å². The number of hydrogen-bond acceptors (Lipinski definition) is 1. The molecule has 1 atom stereocenters. The third-order valence-corrected chi connectivity index (χ3v) is 15.1. The first-order valence-electron chi connectivity index (χ1n) is 25.9. The molecule has 0 heterocycles. The maximum Gasteiger partial charge on any atom is 0.114 e. The third kappa shape index (κ3) is 8.96. The van der Waals surface area contributed by atoms with Gasteiger partial charge in [-0.25, -0.2) is 0 Å². The van der Waals surface area contributed by atoms with Crippen LogP contribution in [0.2, 0.25) is 0 Å². The van der Waals surface area contributed by atoms with E-state index in [1.54, 1.807) is 0 Å². The van der Waals surface area contributed by atoms with Gasteiger partial charge >= 0.3 is 0 Å². The Balaban J connectivity index is 1.04. The number of fused-ring (bicyclic) bond motifs is 3.